The molecule has 3 heteroatoms. The molecule has 1 aliphatic heterocycles. The third-order valence-electron chi connectivity index (χ3n) is 1.60. The lowest BCUT2D eigenvalue weighted by Gasteiger charge is -2.20. The molecule has 62 valence electrons. The molecule has 11 heavy (non-hydrogen) atoms. The summed E-state index contributed by atoms with van der Waals surface area (Å²) in [7, 11) is 0. The van der Waals surface area contributed by atoms with E-state index in [1.54, 1.807) is 16.7 Å². The summed E-state index contributed by atoms with van der Waals surface area (Å²) in [6.45, 7) is 4.05. The molecule has 0 spiro atoms. The first-order valence-electron chi connectivity index (χ1n) is 3.81. The predicted molar refractivity (Wildman–Crippen MR) is 48.2 cm³/mol. The SMILES string of the molecule is CC(C)N1C=CSCCC1=O. The summed E-state index contributed by atoms with van der Waals surface area (Å²) in [6.07, 6.45) is 2.54. The van der Waals surface area contributed by atoms with E-state index in [4.69, 9.17) is 0 Å². The molecule has 0 aromatic heterocycles. The van der Waals surface area contributed by atoms with E-state index >= 15 is 0 Å². The fourth-order valence-corrected chi connectivity index (χ4v) is 1.64. The highest BCUT2D eigenvalue weighted by molar-refractivity contribution is 8.02. The van der Waals surface area contributed by atoms with Crippen LogP contribution in [0, 0.1) is 0 Å². The van der Waals surface area contributed by atoms with E-state index in [9.17, 15) is 4.79 Å². The Morgan fingerprint density at radius 2 is 2.36 bits per heavy atom. The minimum Gasteiger partial charge on any atom is -0.316 e. The Morgan fingerprint density at radius 1 is 1.64 bits per heavy atom. The van der Waals surface area contributed by atoms with Crippen molar-refractivity contribution in [1.82, 2.24) is 4.90 Å². The molecular weight excluding hydrogens is 158 g/mol. The molecule has 1 heterocycles. The van der Waals surface area contributed by atoms with Crippen LogP contribution in [0.1, 0.15) is 20.3 Å². The average molecular weight is 171 g/mol. The number of rotatable bonds is 1. The summed E-state index contributed by atoms with van der Waals surface area (Å²) in [4.78, 5) is 13.1. The van der Waals surface area contributed by atoms with Gasteiger partial charge in [-0.2, -0.15) is 0 Å². The molecule has 0 aliphatic carbocycles. The Bertz CT molecular complexity index is 177. The van der Waals surface area contributed by atoms with E-state index in [-0.39, 0.29) is 11.9 Å². The average Bonchev–Trinajstić information content (AvgIpc) is 2.13. The van der Waals surface area contributed by atoms with E-state index in [2.05, 4.69) is 0 Å². The molecule has 0 aromatic rings. The first-order valence-corrected chi connectivity index (χ1v) is 4.86. The van der Waals surface area contributed by atoms with Gasteiger partial charge < -0.3 is 4.90 Å². The summed E-state index contributed by atoms with van der Waals surface area (Å²) in [5.74, 6) is 1.15. The van der Waals surface area contributed by atoms with Crippen molar-refractivity contribution in [3.8, 4) is 0 Å². The third-order valence-corrected chi connectivity index (χ3v) is 2.35. The smallest absolute Gasteiger partial charge is 0.227 e. The van der Waals surface area contributed by atoms with Gasteiger partial charge in [0.05, 0.1) is 0 Å². The molecular formula is C8H13NOS. The molecule has 0 saturated heterocycles. The Labute approximate surface area is 71.6 Å². The summed E-state index contributed by atoms with van der Waals surface area (Å²) in [5.41, 5.74) is 0. The van der Waals surface area contributed by atoms with Gasteiger partial charge in [0.1, 0.15) is 0 Å². The molecule has 0 aromatic carbocycles. The number of hydrogen-bond acceptors (Lipinski definition) is 2. The van der Waals surface area contributed by atoms with E-state index in [1.165, 1.54) is 0 Å². The summed E-state index contributed by atoms with van der Waals surface area (Å²) in [5, 5.41) is 1.99. The van der Waals surface area contributed by atoms with Gasteiger partial charge in [-0.1, -0.05) is 0 Å². The zero-order valence-electron chi connectivity index (χ0n) is 6.91. The van der Waals surface area contributed by atoms with Gasteiger partial charge in [-0.3, -0.25) is 4.79 Å². The molecule has 0 fully saturated rings. The molecule has 1 amide bonds. The Balaban J connectivity index is 2.65. The maximum atomic E-state index is 11.3. The lowest BCUT2D eigenvalue weighted by molar-refractivity contribution is -0.129. The first-order chi connectivity index (χ1) is 5.22. The van der Waals surface area contributed by atoms with Crippen molar-refractivity contribution >= 4 is 17.7 Å². The second kappa shape index (κ2) is 3.81. The summed E-state index contributed by atoms with van der Waals surface area (Å²) in [6, 6.07) is 0.289. The zero-order valence-corrected chi connectivity index (χ0v) is 7.73. The van der Waals surface area contributed by atoms with E-state index in [1.807, 2.05) is 25.5 Å². The van der Waals surface area contributed by atoms with Gasteiger partial charge in [0, 0.05) is 24.4 Å². The number of amides is 1. The lowest BCUT2D eigenvalue weighted by atomic mass is 10.3. The first kappa shape index (κ1) is 8.65. The zero-order chi connectivity index (χ0) is 8.27. The monoisotopic (exact) mass is 171 g/mol. The van der Waals surface area contributed by atoms with E-state index in [0.29, 0.717) is 6.42 Å². The molecule has 0 N–H and O–H groups in total. The van der Waals surface area contributed by atoms with Crippen molar-refractivity contribution < 1.29 is 4.79 Å². The molecule has 0 unspecified atom stereocenters. The van der Waals surface area contributed by atoms with Gasteiger partial charge in [-0.05, 0) is 19.3 Å². The highest BCUT2D eigenvalue weighted by Gasteiger charge is 2.15. The number of carbonyl (C=O) groups is 1. The molecule has 0 radical (unpaired) electrons. The molecule has 2 nitrogen and oxygen atoms in total. The van der Waals surface area contributed by atoms with Crippen LogP contribution >= 0.6 is 11.8 Å². The minimum absolute atomic E-state index is 0.237. The highest BCUT2D eigenvalue weighted by atomic mass is 32.2. The van der Waals surface area contributed by atoms with Gasteiger partial charge in [-0.15, -0.1) is 11.8 Å². The van der Waals surface area contributed by atoms with Crippen LogP contribution in [0.3, 0.4) is 0 Å². The Kier molecular flexibility index (Phi) is 3.00. The standard InChI is InChI=1S/C8H13NOS/c1-7(2)9-4-6-11-5-3-8(9)10/h4,6-7H,3,5H2,1-2H3. The van der Waals surface area contributed by atoms with Crippen LogP contribution in [-0.4, -0.2) is 22.6 Å². The van der Waals surface area contributed by atoms with Crippen LogP contribution < -0.4 is 0 Å². The van der Waals surface area contributed by atoms with Crippen LogP contribution in [0.15, 0.2) is 11.6 Å². The van der Waals surface area contributed by atoms with Crippen LogP contribution in [0.5, 0.6) is 0 Å². The molecule has 1 rings (SSSR count). The summed E-state index contributed by atoms with van der Waals surface area (Å²) < 4.78 is 0. The number of thioether (sulfide) groups is 1. The molecule has 1 aliphatic rings. The van der Waals surface area contributed by atoms with Crippen LogP contribution in [-0.2, 0) is 4.79 Å². The number of carbonyl (C=O) groups excluding carboxylic acids is 1. The Hall–Kier alpha value is -0.440. The van der Waals surface area contributed by atoms with Gasteiger partial charge in [-0.25, -0.2) is 0 Å². The van der Waals surface area contributed by atoms with Crippen LogP contribution in [0.2, 0.25) is 0 Å². The van der Waals surface area contributed by atoms with Crippen molar-refractivity contribution in [1.29, 1.82) is 0 Å². The normalized spacial score (nSPS) is 19.2. The van der Waals surface area contributed by atoms with Crippen molar-refractivity contribution in [2.45, 2.75) is 26.3 Å². The molecule has 0 saturated carbocycles. The quantitative estimate of drug-likeness (QED) is 0.600. The second-order valence-corrected chi connectivity index (χ2v) is 3.81. The largest absolute Gasteiger partial charge is 0.316 e. The fourth-order valence-electron chi connectivity index (χ4n) is 0.995. The molecule has 0 bridgehead atoms. The fraction of sp³-hybridized carbons (Fsp3) is 0.625. The Morgan fingerprint density at radius 3 is 3.00 bits per heavy atom. The van der Waals surface area contributed by atoms with Crippen LogP contribution in [0.25, 0.3) is 0 Å². The topological polar surface area (TPSA) is 20.3 Å². The van der Waals surface area contributed by atoms with E-state index in [0.717, 1.165) is 5.75 Å². The van der Waals surface area contributed by atoms with E-state index < -0.39 is 0 Å². The summed E-state index contributed by atoms with van der Waals surface area (Å²) >= 11 is 1.70. The third kappa shape index (κ3) is 2.26. The highest BCUT2D eigenvalue weighted by Crippen LogP contribution is 2.14. The number of nitrogens with zero attached hydrogens (tertiary/aromatic N) is 1. The predicted octanol–water partition coefficient (Wildman–Crippen LogP) is 1.83. The lowest BCUT2D eigenvalue weighted by Crippen LogP contribution is -2.31. The van der Waals surface area contributed by atoms with Crippen molar-refractivity contribution in [3.05, 3.63) is 11.6 Å². The van der Waals surface area contributed by atoms with Crippen molar-refractivity contribution in [2.24, 2.45) is 0 Å². The maximum absolute atomic E-state index is 11.3. The van der Waals surface area contributed by atoms with Gasteiger partial charge >= 0.3 is 0 Å². The maximum Gasteiger partial charge on any atom is 0.227 e. The minimum atomic E-state index is 0.237. The van der Waals surface area contributed by atoms with Crippen molar-refractivity contribution in [3.63, 3.8) is 0 Å². The van der Waals surface area contributed by atoms with Crippen LogP contribution in [0.4, 0.5) is 0 Å². The van der Waals surface area contributed by atoms with Gasteiger partial charge in [0.25, 0.3) is 0 Å². The van der Waals surface area contributed by atoms with Gasteiger partial charge in [0.15, 0.2) is 0 Å². The number of hydrogen-bond donors (Lipinski definition) is 0. The van der Waals surface area contributed by atoms with Crippen molar-refractivity contribution in [2.75, 3.05) is 5.75 Å². The van der Waals surface area contributed by atoms with Gasteiger partial charge in [0.2, 0.25) is 5.91 Å². The second-order valence-electron chi connectivity index (χ2n) is 2.80. The molecule has 0 atom stereocenters.